The number of aromatic hydroxyl groups is 1. The smallest absolute Gasteiger partial charge is 0.227 e. The maximum Gasteiger partial charge on any atom is 0.227 e. The van der Waals surface area contributed by atoms with E-state index in [1.807, 2.05) is 12.1 Å². The Morgan fingerprint density at radius 3 is 3.05 bits per heavy atom. The van der Waals surface area contributed by atoms with E-state index in [1.165, 1.54) is 0 Å². The second kappa shape index (κ2) is 5.16. The van der Waals surface area contributed by atoms with Crippen LogP contribution in [-0.4, -0.2) is 16.2 Å². The van der Waals surface area contributed by atoms with Crippen LogP contribution in [0.2, 0.25) is 0 Å². The van der Waals surface area contributed by atoms with E-state index < -0.39 is 0 Å². The van der Waals surface area contributed by atoms with Crippen LogP contribution in [0.1, 0.15) is 53.5 Å². The molecule has 2 aliphatic carbocycles. The van der Waals surface area contributed by atoms with Crippen LogP contribution < -0.4 is 5.32 Å². The highest BCUT2D eigenvalue weighted by Crippen LogP contribution is 2.42. The van der Waals surface area contributed by atoms with Crippen molar-refractivity contribution >= 4 is 5.91 Å². The van der Waals surface area contributed by atoms with Crippen LogP contribution >= 0.6 is 0 Å². The summed E-state index contributed by atoms with van der Waals surface area (Å²) in [5.74, 6) is 1.31. The van der Waals surface area contributed by atoms with Crippen molar-refractivity contribution in [2.75, 3.05) is 0 Å². The summed E-state index contributed by atoms with van der Waals surface area (Å²) >= 11 is 0. The van der Waals surface area contributed by atoms with Crippen molar-refractivity contribution in [2.24, 2.45) is 0 Å². The van der Waals surface area contributed by atoms with Crippen molar-refractivity contribution < 1.29 is 14.4 Å². The average molecular weight is 298 g/mol. The molecule has 0 saturated heterocycles. The van der Waals surface area contributed by atoms with Crippen LogP contribution in [0.15, 0.2) is 28.9 Å². The number of carbonyl (C=O) groups excluding carboxylic acids is 1. The predicted molar refractivity (Wildman–Crippen MR) is 79.5 cm³/mol. The molecule has 1 aromatic heterocycles. The van der Waals surface area contributed by atoms with Crippen molar-refractivity contribution in [3.63, 3.8) is 0 Å². The number of fused-ring (bicyclic) bond motifs is 1. The van der Waals surface area contributed by atoms with E-state index >= 15 is 0 Å². The van der Waals surface area contributed by atoms with Gasteiger partial charge in [0.1, 0.15) is 11.5 Å². The summed E-state index contributed by atoms with van der Waals surface area (Å²) in [6.45, 7) is 0.438. The highest BCUT2D eigenvalue weighted by molar-refractivity contribution is 5.85. The van der Waals surface area contributed by atoms with E-state index in [-0.39, 0.29) is 17.6 Å². The molecule has 2 aliphatic rings. The fourth-order valence-corrected chi connectivity index (χ4v) is 3.32. The predicted octanol–water partition coefficient (Wildman–Crippen LogP) is 2.60. The molecule has 5 heteroatoms. The summed E-state index contributed by atoms with van der Waals surface area (Å²) in [5, 5.41) is 16.8. The van der Waals surface area contributed by atoms with Gasteiger partial charge in [-0.2, -0.15) is 0 Å². The number of phenols is 1. The molecule has 0 bridgehead atoms. The van der Waals surface area contributed by atoms with Gasteiger partial charge in [0.25, 0.3) is 0 Å². The molecule has 2 N–H and O–H groups in total. The van der Waals surface area contributed by atoms with Crippen LogP contribution in [0, 0.1) is 0 Å². The summed E-state index contributed by atoms with van der Waals surface area (Å²) < 4.78 is 5.28. The van der Waals surface area contributed by atoms with Gasteiger partial charge in [-0.05, 0) is 37.3 Å². The van der Waals surface area contributed by atoms with Crippen molar-refractivity contribution in [3.05, 3.63) is 46.8 Å². The molecule has 1 unspecified atom stereocenters. The molecule has 114 valence electrons. The second-order valence-electron chi connectivity index (χ2n) is 6.15. The zero-order chi connectivity index (χ0) is 15.1. The van der Waals surface area contributed by atoms with E-state index in [0.717, 1.165) is 48.1 Å². The molecule has 1 heterocycles. The Labute approximate surface area is 128 Å². The van der Waals surface area contributed by atoms with Gasteiger partial charge in [-0.1, -0.05) is 17.3 Å². The maximum atomic E-state index is 12.5. The minimum absolute atomic E-state index is 0.0387. The zero-order valence-electron chi connectivity index (χ0n) is 12.2. The van der Waals surface area contributed by atoms with E-state index in [0.29, 0.717) is 12.5 Å². The molecule has 2 aromatic rings. The van der Waals surface area contributed by atoms with Gasteiger partial charge in [-0.15, -0.1) is 0 Å². The molecule has 1 amide bonds. The average Bonchev–Trinajstić information content (AvgIpc) is 3.09. The molecule has 0 spiro atoms. The number of hydrogen-bond acceptors (Lipinski definition) is 4. The molecular formula is C17H18N2O3. The molecule has 1 aromatic carbocycles. The van der Waals surface area contributed by atoms with Gasteiger partial charge in [0.15, 0.2) is 0 Å². The summed E-state index contributed by atoms with van der Waals surface area (Å²) in [7, 11) is 0. The second-order valence-corrected chi connectivity index (χ2v) is 6.15. The third-order valence-corrected chi connectivity index (χ3v) is 4.62. The summed E-state index contributed by atoms with van der Waals surface area (Å²) in [4.78, 5) is 12.5. The SMILES string of the molecule is O=C(NCc1cnoc1C1CC1)C1CCc2cccc(O)c21. The number of nitrogens with zero attached hydrogens (tertiary/aromatic N) is 1. The van der Waals surface area contributed by atoms with Crippen LogP contribution in [0.4, 0.5) is 0 Å². The largest absolute Gasteiger partial charge is 0.508 e. The van der Waals surface area contributed by atoms with Gasteiger partial charge in [0.05, 0.1) is 12.1 Å². The highest BCUT2D eigenvalue weighted by atomic mass is 16.5. The Morgan fingerprint density at radius 2 is 2.23 bits per heavy atom. The first kappa shape index (κ1) is 13.4. The van der Waals surface area contributed by atoms with Crippen molar-refractivity contribution in [2.45, 2.75) is 44.1 Å². The Kier molecular flexibility index (Phi) is 3.13. The van der Waals surface area contributed by atoms with E-state index in [4.69, 9.17) is 4.52 Å². The fraction of sp³-hybridized carbons (Fsp3) is 0.412. The van der Waals surface area contributed by atoms with Gasteiger partial charge >= 0.3 is 0 Å². The first-order valence-electron chi connectivity index (χ1n) is 7.76. The number of phenolic OH excluding ortho intramolecular Hbond substituents is 1. The van der Waals surface area contributed by atoms with Crippen LogP contribution in [-0.2, 0) is 17.8 Å². The Hall–Kier alpha value is -2.30. The lowest BCUT2D eigenvalue weighted by atomic mass is 9.99. The molecule has 22 heavy (non-hydrogen) atoms. The first-order valence-corrected chi connectivity index (χ1v) is 7.76. The molecule has 0 radical (unpaired) electrons. The molecule has 1 saturated carbocycles. The minimum atomic E-state index is -0.263. The van der Waals surface area contributed by atoms with Gasteiger partial charge in [-0.25, -0.2) is 0 Å². The fourth-order valence-electron chi connectivity index (χ4n) is 3.32. The number of rotatable bonds is 4. The third kappa shape index (κ3) is 2.26. The van der Waals surface area contributed by atoms with Crippen molar-refractivity contribution in [1.82, 2.24) is 10.5 Å². The molecule has 5 nitrogen and oxygen atoms in total. The summed E-state index contributed by atoms with van der Waals surface area (Å²) in [6.07, 6.45) is 5.55. The number of amides is 1. The van der Waals surface area contributed by atoms with E-state index in [9.17, 15) is 9.90 Å². The van der Waals surface area contributed by atoms with Crippen molar-refractivity contribution in [1.29, 1.82) is 0 Å². The zero-order valence-corrected chi connectivity index (χ0v) is 12.2. The molecule has 1 fully saturated rings. The number of carbonyl (C=O) groups is 1. The number of hydrogen-bond donors (Lipinski definition) is 2. The molecule has 4 rings (SSSR count). The van der Waals surface area contributed by atoms with Gasteiger partial charge in [-0.3, -0.25) is 4.79 Å². The standard InChI is InChI=1S/C17H18N2O3/c20-14-3-1-2-10-6-7-13(15(10)14)17(21)18-8-12-9-19-22-16(12)11-4-5-11/h1-3,9,11,13,20H,4-8H2,(H,18,21). The summed E-state index contributed by atoms with van der Waals surface area (Å²) in [5.41, 5.74) is 2.82. The normalized spacial score (nSPS) is 19.9. The Balaban J connectivity index is 1.47. The Morgan fingerprint density at radius 1 is 1.36 bits per heavy atom. The monoisotopic (exact) mass is 298 g/mol. The van der Waals surface area contributed by atoms with Gasteiger partial charge < -0.3 is 14.9 Å². The number of aryl methyl sites for hydroxylation is 1. The number of benzene rings is 1. The lowest BCUT2D eigenvalue weighted by Crippen LogP contribution is -2.28. The maximum absolute atomic E-state index is 12.5. The lowest BCUT2D eigenvalue weighted by Gasteiger charge is -2.13. The first-order chi connectivity index (χ1) is 10.7. The Bertz CT molecular complexity index is 718. The van der Waals surface area contributed by atoms with E-state index in [2.05, 4.69) is 10.5 Å². The lowest BCUT2D eigenvalue weighted by molar-refractivity contribution is -0.122. The molecule has 0 aliphatic heterocycles. The quantitative estimate of drug-likeness (QED) is 0.909. The number of nitrogens with one attached hydrogen (secondary N) is 1. The van der Waals surface area contributed by atoms with Crippen LogP contribution in [0.3, 0.4) is 0 Å². The van der Waals surface area contributed by atoms with Gasteiger partial charge in [0, 0.05) is 23.6 Å². The third-order valence-electron chi connectivity index (χ3n) is 4.62. The minimum Gasteiger partial charge on any atom is -0.508 e. The van der Waals surface area contributed by atoms with Crippen molar-refractivity contribution in [3.8, 4) is 5.75 Å². The van der Waals surface area contributed by atoms with Crippen LogP contribution in [0.25, 0.3) is 0 Å². The van der Waals surface area contributed by atoms with Gasteiger partial charge in [0.2, 0.25) is 5.91 Å². The number of aromatic nitrogens is 1. The molecular weight excluding hydrogens is 280 g/mol. The highest BCUT2D eigenvalue weighted by Gasteiger charge is 2.32. The topological polar surface area (TPSA) is 75.4 Å². The summed E-state index contributed by atoms with van der Waals surface area (Å²) in [6, 6.07) is 5.46. The molecule has 1 atom stereocenters. The van der Waals surface area contributed by atoms with E-state index in [1.54, 1.807) is 12.3 Å². The van der Waals surface area contributed by atoms with Crippen LogP contribution in [0.5, 0.6) is 5.75 Å².